The third kappa shape index (κ3) is 5.00. The minimum absolute atomic E-state index is 0.0543. The Kier molecular flexibility index (Phi) is 6.44. The van der Waals surface area contributed by atoms with E-state index in [1.54, 1.807) is 0 Å². The highest BCUT2D eigenvalue weighted by molar-refractivity contribution is 7.89. The number of nitrogens with one attached hydrogen (secondary N) is 3. The summed E-state index contributed by atoms with van der Waals surface area (Å²) in [7, 11) is -4.09. The Hall–Kier alpha value is -3.29. The maximum Gasteiger partial charge on any atom is 0.337 e. The van der Waals surface area contributed by atoms with Gasteiger partial charge in [-0.25, -0.2) is 17.6 Å². The Labute approximate surface area is 171 Å². The van der Waals surface area contributed by atoms with Gasteiger partial charge in [-0.05, 0) is 30.3 Å². The lowest BCUT2D eigenvalue weighted by Gasteiger charge is -2.27. The zero-order chi connectivity index (χ0) is 21.7. The number of ether oxygens (including phenoxy) is 1. The molecule has 0 aliphatic carbocycles. The number of carbonyl (C=O) groups is 1. The summed E-state index contributed by atoms with van der Waals surface area (Å²) in [6, 6.07) is 7.47. The van der Waals surface area contributed by atoms with Crippen molar-refractivity contribution >= 4 is 33.1 Å². The molecule has 1 saturated heterocycles. The van der Waals surface area contributed by atoms with Gasteiger partial charge in [-0.1, -0.05) is 0 Å². The van der Waals surface area contributed by atoms with Crippen LogP contribution in [-0.2, 0) is 14.8 Å². The van der Waals surface area contributed by atoms with Gasteiger partial charge in [0.1, 0.15) is 10.7 Å². The molecule has 0 spiro atoms. The number of carbonyl (C=O) groups excluding carboxylic acids is 1. The molecule has 0 aromatic heterocycles. The van der Waals surface area contributed by atoms with E-state index in [1.165, 1.54) is 18.2 Å². The summed E-state index contributed by atoms with van der Waals surface area (Å²) in [5.41, 5.74) is 4.55. The van der Waals surface area contributed by atoms with Gasteiger partial charge in [0.05, 0.1) is 23.8 Å². The molecule has 0 bridgehead atoms. The van der Waals surface area contributed by atoms with Crippen molar-refractivity contribution in [2.75, 3.05) is 37.0 Å². The van der Waals surface area contributed by atoms with E-state index in [-0.39, 0.29) is 36.9 Å². The summed E-state index contributed by atoms with van der Waals surface area (Å²) in [5.74, 6) is -0.470. The average Bonchev–Trinajstić information content (AvgIpc) is 2.74. The first-order chi connectivity index (χ1) is 14.3. The molecule has 0 atom stereocenters. The van der Waals surface area contributed by atoms with Crippen LogP contribution in [0.3, 0.4) is 0 Å². The van der Waals surface area contributed by atoms with Crippen molar-refractivity contribution in [3.8, 4) is 0 Å². The molecule has 2 amide bonds. The van der Waals surface area contributed by atoms with Crippen LogP contribution in [0.1, 0.15) is 0 Å². The molecule has 0 radical (unpaired) electrons. The minimum Gasteiger partial charge on any atom is -0.379 e. The van der Waals surface area contributed by atoms with E-state index in [4.69, 9.17) is 4.74 Å². The summed E-state index contributed by atoms with van der Waals surface area (Å²) >= 11 is 0. The highest BCUT2D eigenvalue weighted by Gasteiger charge is 2.30. The highest BCUT2D eigenvalue weighted by atomic mass is 32.2. The largest absolute Gasteiger partial charge is 0.379 e. The van der Waals surface area contributed by atoms with Crippen LogP contribution in [0.15, 0.2) is 47.4 Å². The van der Waals surface area contributed by atoms with Crippen molar-refractivity contribution in [1.29, 1.82) is 0 Å². The van der Waals surface area contributed by atoms with Crippen LogP contribution in [0.2, 0.25) is 0 Å². The SMILES string of the molecule is O=C(NNc1ccc([N+](=O)[O-])cc1S(=O)(=O)N1CCOCC1)Nc1ccc(F)cc1. The van der Waals surface area contributed by atoms with E-state index in [2.05, 4.69) is 16.2 Å². The first-order valence-corrected chi connectivity index (χ1v) is 10.2. The number of morpholine rings is 1. The number of non-ortho nitro benzene ring substituents is 1. The van der Waals surface area contributed by atoms with Crippen LogP contribution in [0.5, 0.6) is 0 Å². The van der Waals surface area contributed by atoms with Gasteiger partial charge in [0, 0.05) is 30.9 Å². The molecule has 1 heterocycles. The molecule has 0 saturated carbocycles. The Morgan fingerprint density at radius 3 is 2.43 bits per heavy atom. The Balaban J connectivity index is 1.80. The van der Waals surface area contributed by atoms with E-state index >= 15 is 0 Å². The van der Waals surface area contributed by atoms with Crippen molar-refractivity contribution < 1.29 is 27.3 Å². The second-order valence-corrected chi connectivity index (χ2v) is 8.07. The fraction of sp³-hybridized carbons (Fsp3) is 0.235. The number of hydrazine groups is 1. The molecule has 30 heavy (non-hydrogen) atoms. The number of sulfonamides is 1. The number of nitro benzene ring substituents is 1. The molecule has 160 valence electrons. The summed E-state index contributed by atoms with van der Waals surface area (Å²) < 4.78 is 45.2. The molecule has 1 fully saturated rings. The average molecular weight is 439 g/mol. The molecule has 11 nitrogen and oxygen atoms in total. The summed E-state index contributed by atoms with van der Waals surface area (Å²) in [5, 5.41) is 13.5. The third-order valence-electron chi connectivity index (χ3n) is 4.18. The van der Waals surface area contributed by atoms with Crippen molar-refractivity contribution in [3.63, 3.8) is 0 Å². The van der Waals surface area contributed by atoms with Gasteiger partial charge in [-0.15, -0.1) is 0 Å². The second-order valence-electron chi connectivity index (χ2n) is 6.17. The van der Waals surface area contributed by atoms with Crippen LogP contribution in [-0.4, -0.2) is 50.0 Å². The van der Waals surface area contributed by atoms with E-state index in [0.717, 1.165) is 28.6 Å². The Morgan fingerprint density at radius 1 is 1.13 bits per heavy atom. The molecule has 3 rings (SSSR count). The molecule has 2 aromatic rings. The molecular formula is C17H18FN5O6S. The molecule has 0 unspecified atom stereocenters. The first kappa shape index (κ1) is 21.4. The first-order valence-electron chi connectivity index (χ1n) is 8.72. The third-order valence-corrected chi connectivity index (χ3v) is 6.12. The van der Waals surface area contributed by atoms with Gasteiger partial charge < -0.3 is 10.1 Å². The minimum atomic E-state index is -4.09. The number of nitrogens with zero attached hydrogens (tertiary/aromatic N) is 2. The van der Waals surface area contributed by atoms with Gasteiger partial charge >= 0.3 is 6.03 Å². The number of amides is 2. The quantitative estimate of drug-likeness (QED) is 0.461. The van der Waals surface area contributed by atoms with Gasteiger partial charge in [-0.2, -0.15) is 4.31 Å². The second kappa shape index (κ2) is 9.02. The predicted octanol–water partition coefficient (Wildman–Crippen LogP) is 1.90. The van der Waals surface area contributed by atoms with E-state index in [0.29, 0.717) is 5.69 Å². The summed E-state index contributed by atoms with van der Waals surface area (Å²) in [6.07, 6.45) is 0. The number of anilines is 2. The van der Waals surface area contributed by atoms with Crippen LogP contribution in [0, 0.1) is 15.9 Å². The summed E-state index contributed by atoms with van der Waals surface area (Å²) in [4.78, 5) is 22.1. The fourth-order valence-corrected chi connectivity index (χ4v) is 4.26. The fourth-order valence-electron chi connectivity index (χ4n) is 2.69. The van der Waals surface area contributed by atoms with Crippen molar-refractivity contribution in [1.82, 2.24) is 9.73 Å². The normalized spacial score (nSPS) is 14.7. The maximum absolute atomic E-state index is 13.0. The number of hydrogen-bond acceptors (Lipinski definition) is 7. The monoisotopic (exact) mass is 439 g/mol. The Bertz CT molecular complexity index is 1040. The van der Waals surface area contributed by atoms with Gasteiger partial charge in [-0.3, -0.25) is 21.0 Å². The lowest BCUT2D eigenvalue weighted by molar-refractivity contribution is -0.385. The zero-order valence-corrected chi connectivity index (χ0v) is 16.3. The molecule has 1 aliphatic heterocycles. The standard InChI is InChI=1S/C17H18FN5O6S/c18-12-1-3-13(4-2-12)19-17(24)21-20-15-6-5-14(23(25)26)11-16(15)30(27,28)22-7-9-29-10-8-22/h1-6,11,20H,7-10H2,(H2,19,21,24). The lowest BCUT2D eigenvalue weighted by atomic mass is 10.3. The van der Waals surface area contributed by atoms with Crippen LogP contribution in [0.4, 0.5) is 26.2 Å². The van der Waals surface area contributed by atoms with Gasteiger partial charge in [0.15, 0.2) is 0 Å². The zero-order valence-electron chi connectivity index (χ0n) is 15.5. The number of rotatable bonds is 6. The van der Waals surface area contributed by atoms with E-state index in [1.807, 2.05) is 0 Å². The smallest absolute Gasteiger partial charge is 0.337 e. The molecule has 3 N–H and O–H groups in total. The van der Waals surface area contributed by atoms with E-state index in [9.17, 15) is 27.7 Å². The number of urea groups is 1. The van der Waals surface area contributed by atoms with Crippen molar-refractivity contribution in [2.24, 2.45) is 0 Å². The van der Waals surface area contributed by atoms with Gasteiger partial charge in [0.25, 0.3) is 5.69 Å². The molecular weight excluding hydrogens is 421 g/mol. The molecule has 13 heteroatoms. The maximum atomic E-state index is 13.0. The van der Waals surface area contributed by atoms with Crippen LogP contribution in [0.25, 0.3) is 0 Å². The molecule has 2 aromatic carbocycles. The van der Waals surface area contributed by atoms with Crippen LogP contribution >= 0.6 is 0 Å². The molecule has 1 aliphatic rings. The van der Waals surface area contributed by atoms with Crippen LogP contribution < -0.4 is 16.2 Å². The van der Waals surface area contributed by atoms with Crippen molar-refractivity contribution in [2.45, 2.75) is 4.90 Å². The number of nitro groups is 1. The number of hydrogen-bond donors (Lipinski definition) is 3. The number of halogens is 1. The van der Waals surface area contributed by atoms with Gasteiger partial charge in [0.2, 0.25) is 10.0 Å². The van der Waals surface area contributed by atoms with E-state index < -0.39 is 32.5 Å². The number of benzene rings is 2. The lowest BCUT2D eigenvalue weighted by Crippen LogP contribution is -2.41. The van der Waals surface area contributed by atoms with Crippen molar-refractivity contribution in [3.05, 3.63) is 58.4 Å². The summed E-state index contributed by atoms with van der Waals surface area (Å²) in [6.45, 7) is 0.608. The Morgan fingerprint density at radius 2 is 1.80 bits per heavy atom. The predicted molar refractivity (Wildman–Crippen MR) is 105 cm³/mol. The topological polar surface area (TPSA) is 143 Å². The highest BCUT2D eigenvalue weighted by Crippen LogP contribution is 2.29.